The zero-order valence-electron chi connectivity index (χ0n) is 11.4. The molecular formula is C16H14ClNO3. The van der Waals surface area contributed by atoms with E-state index >= 15 is 0 Å². The number of halogens is 1. The van der Waals surface area contributed by atoms with Gasteiger partial charge < -0.3 is 10.1 Å². The minimum atomic E-state index is -0.224. The Morgan fingerprint density at radius 1 is 1.10 bits per heavy atom. The number of ketones is 1. The van der Waals surface area contributed by atoms with Crippen molar-refractivity contribution >= 4 is 29.0 Å². The van der Waals surface area contributed by atoms with Gasteiger partial charge in [-0.05, 0) is 24.3 Å². The average Bonchev–Trinajstić information content (AvgIpc) is 2.46. The second-order valence-corrected chi connectivity index (χ2v) is 4.78. The summed E-state index contributed by atoms with van der Waals surface area (Å²) in [5, 5.41) is 3.04. The van der Waals surface area contributed by atoms with Crippen LogP contribution >= 0.6 is 11.6 Å². The molecule has 0 aromatic heterocycles. The van der Waals surface area contributed by atoms with Crippen LogP contribution < -0.4 is 10.1 Å². The van der Waals surface area contributed by atoms with Crippen LogP contribution in [-0.4, -0.2) is 18.3 Å². The number of nitrogens with one attached hydrogen (secondary N) is 1. The third-order valence-electron chi connectivity index (χ3n) is 2.73. The lowest BCUT2D eigenvalue weighted by atomic mass is 10.1. The van der Waals surface area contributed by atoms with Crippen LogP contribution in [0.5, 0.6) is 5.75 Å². The summed E-state index contributed by atoms with van der Waals surface area (Å²) in [4.78, 5) is 23.2. The summed E-state index contributed by atoms with van der Waals surface area (Å²) < 4.78 is 5.49. The van der Waals surface area contributed by atoms with Gasteiger partial charge in [-0.1, -0.05) is 35.9 Å². The molecule has 0 aliphatic heterocycles. The lowest BCUT2D eigenvalue weighted by Crippen LogP contribution is -2.14. The van der Waals surface area contributed by atoms with Gasteiger partial charge in [-0.15, -0.1) is 0 Å². The van der Waals surface area contributed by atoms with E-state index in [9.17, 15) is 9.59 Å². The predicted octanol–water partition coefficient (Wildman–Crippen LogP) is 3.56. The summed E-state index contributed by atoms with van der Waals surface area (Å²) in [6.07, 6.45) is 0. The molecule has 1 N–H and O–H groups in total. The SMILES string of the molecule is CC(=O)Nc1ccccc1OCC(=O)c1ccccc1Cl. The fourth-order valence-corrected chi connectivity index (χ4v) is 2.03. The molecule has 2 aromatic carbocycles. The number of anilines is 1. The Labute approximate surface area is 127 Å². The molecule has 0 saturated carbocycles. The molecule has 0 aliphatic rings. The van der Waals surface area contributed by atoms with Gasteiger partial charge >= 0.3 is 0 Å². The van der Waals surface area contributed by atoms with Crippen molar-refractivity contribution in [3.8, 4) is 5.75 Å². The van der Waals surface area contributed by atoms with Crippen LogP contribution in [-0.2, 0) is 4.79 Å². The van der Waals surface area contributed by atoms with Crippen molar-refractivity contribution in [1.29, 1.82) is 0 Å². The van der Waals surface area contributed by atoms with Gasteiger partial charge in [0.05, 0.1) is 10.7 Å². The van der Waals surface area contributed by atoms with Crippen LogP contribution in [0.15, 0.2) is 48.5 Å². The van der Waals surface area contributed by atoms with E-state index in [4.69, 9.17) is 16.3 Å². The van der Waals surface area contributed by atoms with Gasteiger partial charge in [-0.2, -0.15) is 0 Å². The number of para-hydroxylation sites is 2. The Morgan fingerprint density at radius 3 is 2.48 bits per heavy atom. The monoisotopic (exact) mass is 303 g/mol. The first-order chi connectivity index (χ1) is 10.1. The molecule has 0 heterocycles. The maximum Gasteiger partial charge on any atom is 0.221 e. The molecule has 0 unspecified atom stereocenters. The van der Waals surface area contributed by atoms with Gasteiger partial charge in [-0.3, -0.25) is 9.59 Å². The normalized spacial score (nSPS) is 10.0. The molecule has 0 saturated heterocycles. The summed E-state index contributed by atoms with van der Waals surface area (Å²) in [6.45, 7) is 1.26. The van der Waals surface area contributed by atoms with Crippen LogP contribution in [0.2, 0.25) is 5.02 Å². The summed E-state index contributed by atoms with van der Waals surface area (Å²) in [5.41, 5.74) is 0.938. The number of amides is 1. The molecule has 0 bridgehead atoms. The van der Waals surface area contributed by atoms with Crippen LogP contribution in [0.25, 0.3) is 0 Å². The molecule has 2 aromatic rings. The lowest BCUT2D eigenvalue weighted by Gasteiger charge is -2.11. The van der Waals surface area contributed by atoms with Crippen LogP contribution in [0.1, 0.15) is 17.3 Å². The third kappa shape index (κ3) is 4.07. The number of Topliss-reactive ketones (excluding diaryl/α,β-unsaturated/α-hetero) is 1. The standard InChI is InChI=1S/C16H14ClNO3/c1-11(19)18-14-8-4-5-9-16(14)21-10-15(20)12-6-2-3-7-13(12)17/h2-9H,10H2,1H3,(H,18,19). The minimum absolute atomic E-state index is 0.152. The van der Waals surface area contributed by atoms with Crippen LogP contribution in [0, 0.1) is 0 Å². The molecule has 1 amide bonds. The highest BCUT2D eigenvalue weighted by Gasteiger charge is 2.12. The van der Waals surface area contributed by atoms with Gasteiger partial charge in [0.1, 0.15) is 5.75 Å². The fraction of sp³-hybridized carbons (Fsp3) is 0.125. The number of hydrogen-bond donors (Lipinski definition) is 1. The van der Waals surface area contributed by atoms with Crippen molar-refractivity contribution in [3.05, 3.63) is 59.1 Å². The van der Waals surface area contributed by atoms with E-state index in [1.165, 1.54) is 6.92 Å². The zero-order chi connectivity index (χ0) is 15.2. The van der Waals surface area contributed by atoms with Crippen molar-refractivity contribution in [2.24, 2.45) is 0 Å². The second kappa shape index (κ2) is 6.90. The minimum Gasteiger partial charge on any atom is -0.483 e. The average molecular weight is 304 g/mol. The van der Waals surface area contributed by atoms with E-state index in [1.54, 1.807) is 48.5 Å². The first-order valence-corrected chi connectivity index (χ1v) is 6.73. The molecular weight excluding hydrogens is 290 g/mol. The number of carbonyl (C=O) groups is 2. The van der Waals surface area contributed by atoms with Crippen molar-refractivity contribution in [1.82, 2.24) is 0 Å². The Bertz CT molecular complexity index is 670. The summed E-state index contributed by atoms with van der Waals surface area (Å²) >= 11 is 5.97. The number of hydrogen-bond acceptors (Lipinski definition) is 3. The largest absolute Gasteiger partial charge is 0.483 e. The van der Waals surface area contributed by atoms with Gasteiger partial charge in [0.2, 0.25) is 11.7 Å². The van der Waals surface area contributed by atoms with Crippen LogP contribution in [0.3, 0.4) is 0 Å². The van der Waals surface area contributed by atoms with Crippen molar-refractivity contribution in [2.75, 3.05) is 11.9 Å². The van der Waals surface area contributed by atoms with Crippen LogP contribution in [0.4, 0.5) is 5.69 Å². The second-order valence-electron chi connectivity index (χ2n) is 4.37. The van der Waals surface area contributed by atoms with E-state index in [0.29, 0.717) is 22.0 Å². The fourth-order valence-electron chi connectivity index (χ4n) is 1.79. The zero-order valence-corrected chi connectivity index (χ0v) is 12.2. The van der Waals surface area contributed by atoms with Crippen molar-refractivity contribution in [2.45, 2.75) is 6.92 Å². The summed E-state index contributed by atoms with van der Waals surface area (Å²) in [7, 11) is 0. The molecule has 5 heteroatoms. The van der Waals surface area contributed by atoms with E-state index in [2.05, 4.69) is 5.32 Å². The van der Waals surface area contributed by atoms with Gasteiger partial charge in [0.15, 0.2) is 6.61 Å². The Hall–Kier alpha value is -2.33. The van der Waals surface area contributed by atoms with Gasteiger partial charge in [0, 0.05) is 12.5 Å². The van der Waals surface area contributed by atoms with E-state index in [0.717, 1.165) is 0 Å². The molecule has 0 radical (unpaired) electrons. The maximum atomic E-state index is 12.1. The first-order valence-electron chi connectivity index (χ1n) is 6.35. The molecule has 0 aliphatic carbocycles. The van der Waals surface area contributed by atoms with E-state index in [-0.39, 0.29) is 18.3 Å². The predicted molar refractivity (Wildman–Crippen MR) is 82.0 cm³/mol. The van der Waals surface area contributed by atoms with Crippen molar-refractivity contribution < 1.29 is 14.3 Å². The molecule has 21 heavy (non-hydrogen) atoms. The third-order valence-corrected chi connectivity index (χ3v) is 3.06. The topological polar surface area (TPSA) is 55.4 Å². The number of rotatable bonds is 5. The highest BCUT2D eigenvalue weighted by molar-refractivity contribution is 6.34. The Morgan fingerprint density at radius 2 is 1.76 bits per heavy atom. The summed E-state index contributed by atoms with van der Waals surface area (Å²) in [5.74, 6) is 0.00909. The summed E-state index contributed by atoms with van der Waals surface area (Å²) in [6, 6.07) is 13.7. The lowest BCUT2D eigenvalue weighted by molar-refractivity contribution is -0.114. The quantitative estimate of drug-likeness (QED) is 0.859. The molecule has 0 spiro atoms. The Balaban J connectivity index is 2.08. The van der Waals surface area contributed by atoms with Gasteiger partial charge in [-0.25, -0.2) is 0 Å². The number of carbonyl (C=O) groups excluding carboxylic acids is 2. The smallest absolute Gasteiger partial charge is 0.221 e. The highest BCUT2D eigenvalue weighted by atomic mass is 35.5. The highest BCUT2D eigenvalue weighted by Crippen LogP contribution is 2.24. The molecule has 0 fully saturated rings. The molecule has 0 atom stereocenters. The first kappa shape index (κ1) is 15.1. The van der Waals surface area contributed by atoms with Crippen molar-refractivity contribution in [3.63, 3.8) is 0 Å². The van der Waals surface area contributed by atoms with E-state index in [1.807, 2.05) is 0 Å². The van der Waals surface area contributed by atoms with E-state index < -0.39 is 0 Å². The Kier molecular flexibility index (Phi) is 4.95. The molecule has 2 rings (SSSR count). The van der Waals surface area contributed by atoms with Gasteiger partial charge in [0.25, 0.3) is 0 Å². The number of benzene rings is 2. The molecule has 108 valence electrons. The number of ether oxygens (including phenoxy) is 1. The molecule has 4 nitrogen and oxygen atoms in total. The maximum absolute atomic E-state index is 12.1.